The normalized spacial score (nSPS) is 10.3. The van der Waals surface area contributed by atoms with E-state index in [4.69, 9.17) is 4.74 Å². The van der Waals surface area contributed by atoms with Crippen molar-refractivity contribution in [3.63, 3.8) is 0 Å². The summed E-state index contributed by atoms with van der Waals surface area (Å²) in [4.78, 5) is 15.3. The summed E-state index contributed by atoms with van der Waals surface area (Å²) < 4.78 is 6.80. The zero-order valence-electron chi connectivity index (χ0n) is 11.4. The van der Waals surface area contributed by atoms with Crippen molar-refractivity contribution in [3.8, 4) is 22.7 Å². The van der Waals surface area contributed by atoms with Crippen LogP contribution in [0.2, 0.25) is 0 Å². The minimum absolute atomic E-state index is 0.527. The summed E-state index contributed by atoms with van der Waals surface area (Å²) in [6, 6.07) is 11.2. The van der Waals surface area contributed by atoms with Gasteiger partial charge in [0.25, 0.3) is 0 Å². The number of rotatable bonds is 4. The van der Waals surface area contributed by atoms with Crippen LogP contribution < -0.4 is 4.74 Å². The van der Waals surface area contributed by atoms with E-state index < -0.39 is 0 Å². The minimum Gasteiger partial charge on any atom is -0.497 e. The molecule has 1 aromatic carbocycles. The maximum atomic E-state index is 11.3. The van der Waals surface area contributed by atoms with Gasteiger partial charge in [0.2, 0.25) is 0 Å². The SMILES string of the molecule is COc1ccc(-n2cc(C=O)c(-c3cccnc3)n2)cc1. The molecule has 0 fully saturated rings. The fourth-order valence-corrected chi connectivity index (χ4v) is 2.07. The molecule has 0 spiro atoms. The van der Waals surface area contributed by atoms with Gasteiger partial charge in [0.1, 0.15) is 11.4 Å². The molecule has 0 saturated heterocycles. The Labute approximate surface area is 121 Å². The van der Waals surface area contributed by atoms with Crippen molar-refractivity contribution in [2.45, 2.75) is 0 Å². The third-order valence-electron chi connectivity index (χ3n) is 3.14. The quantitative estimate of drug-likeness (QED) is 0.689. The summed E-state index contributed by atoms with van der Waals surface area (Å²) in [5.74, 6) is 0.772. The summed E-state index contributed by atoms with van der Waals surface area (Å²) in [6.45, 7) is 0. The van der Waals surface area contributed by atoms with Gasteiger partial charge in [-0.25, -0.2) is 4.68 Å². The maximum Gasteiger partial charge on any atom is 0.153 e. The van der Waals surface area contributed by atoms with Crippen molar-refractivity contribution < 1.29 is 9.53 Å². The Balaban J connectivity index is 2.04. The molecule has 104 valence electrons. The van der Waals surface area contributed by atoms with Crippen LogP contribution in [0.5, 0.6) is 5.75 Å². The van der Waals surface area contributed by atoms with E-state index in [0.717, 1.165) is 23.3 Å². The van der Waals surface area contributed by atoms with Crippen LogP contribution in [0.3, 0.4) is 0 Å². The number of hydrogen-bond donors (Lipinski definition) is 0. The third kappa shape index (κ3) is 2.53. The van der Waals surface area contributed by atoms with E-state index in [0.29, 0.717) is 11.3 Å². The van der Waals surface area contributed by atoms with Crippen LogP contribution in [0.1, 0.15) is 10.4 Å². The third-order valence-corrected chi connectivity index (χ3v) is 3.14. The molecule has 0 unspecified atom stereocenters. The van der Waals surface area contributed by atoms with Crippen LogP contribution >= 0.6 is 0 Å². The predicted octanol–water partition coefficient (Wildman–Crippen LogP) is 2.76. The van der Waals surface area contributed by atoms with Crippen LogP contribution in [0, 0.1) is 0 Å². The van der Waals surface area contributed by atoms with Gasteiger partial charge in [0, 0.05) is 24.2 Å². The first-order chi connectivity index (χ1) is 10.3. The molecular weight excluding hydrogens is 266 g/mol. The standard InChI is InChI=1S/C16H13N3O2/c1-21-15-6-4-14(5-7-15)19-10-13(11-20)16(18-19)12-3-2-8-17-9-12/h2-11H,1H3. The molecule has 0 atom stereocenters. The summed E-state index contributed by atoms with van der Waals surface area (Å²) in [5.41, 5.74) is 2.81. The van der Waals surface area contributed by atoms with Crippen molar-refractivity contribution in [2.75, 3.05) is 7.11 Å². The molecule has 0 N–H and O–H groups in total. The highest BCUT2D eigenvalue weighted by Crippen LogP contribution is 2.22. The zero-order valence-corrected chi connectivity index (χ0v) is 11.4. The maximum absolute atomic E-state index is 11.3. The fourth-order valence-electron chi connectivity index (χ4n) is 2.07. The van der Waals surface area contributed by atoms with Crippen molar-refractivity contribution in [1.82, 2.24) is 14.8 Å². The lowest BCUT2D eigenvalue weighted by Gasteiger charge is -2.03. The molecule has 0 amide bonds. The number of pyridine rings is 1. The topological polar surface area (TPSA) is 57.0 Å². The molecule has 0 radical (unpaired) electrons. The average Bonchev–Trinajstić information content (AvgIpc) is 3.00. The van der Waals surface area contributed by atoms with Crippen LogP contribution in [-0.2, 0) is 0 Å². The molecule has 5 nitrogen and oxygen atoms in total. The number of methoxy groups -OCH3 is 1. The molecule has 0 aliphatic heterocycles. The Morgan fingerprint density at radius 3 is 2.62 bits per heavy atom. The molecule has 3 aromatic rings. The van der Waals surface area contributed by atoms with Gasteiger partial charge in [0.15, 0.2) is 6.29 Å². The zero-order chi connectivity index (χ0) is 14.7. The number of ether oxygens (including phenoxy) is 1. The lowest BCUT2D eigenvalue weighted by atomic mass is 10.1. The van der Waals surface area contributed by atoms with E-state index in [2.05, 4.69) is 10.1 Å². The smallest absolute Gasteiger partial charge is 0.153 e. The van der Waals surface area contributed by atoms with Gasteiger partial charge in [-0.15, -0.1) is 0 Å². The Morgan fingerprint density at radius 2 is 2.00 bits per heavy atom. The minimum atomic E-state index is 0.527. The van der Waals surface area contributed by atoms with Crippen LogP contribution in [-0.4, -0.2) is 28.2 Å². The van der Waals surface area contributed by atoms with E-state index >= 15 is 0 Å². The molecule has 0 aliphatic rings. The largest absolute Gasteiger partial charge is 0.497 e. The second kappa shape index (κ2) is 5.58. The number of nitrogens with zero attached hydrogens (tertiary/aromatic N) is 3. The highest BCUT2D eigenvalue weighted by molar-refractivity contribution is 5.85. The van der Waals surface area contributed by atoms with Gasteiger partial charge in [-0.05, 0) is 36.4 Å². The molecule has 21 heavy (non-hydrogen) atoms. The van der Waals surface area contributed by atoms with Crippen molar-refractivity contribution in [2.24, 2.45) is 0 Å². The highest BCUT2D eigenvalue weighted by atomic mass is 16.5. The monoisotopic (exact) mass is 279 g/mol. The first kappa shape index (κ1) is 13.1. The predicted molar refractivity (Wildman–Crippen MR) is 78.7 cm³/mol. The molecule has 5 heteroatoms. The molecule has 0 bridgehead atoms. The summed E-state index contributed by atoms with van der Waals surface area (Å²) >= 11 is 0. The lowest BCUT2D eigenvalue weighted by molar-refractivity contribution is 0.112. The number of benzene rings is 1. The van der Waals surface area contributed by atoms with Crippen LogP contribution in [0.25, 0.3) is 16.9 Å². The van der Waals surface area contributed by atoms with Crippen LogP contribution in [0.4, 0.5) is 0 Å². The number of hydrogen-bond acceptors (Lipinski definition) is 4. The first-order valence-corrected chi connectivity index (χ1v) is 6.41. The average molecular weight is 279 g/mol. The van der Waals surface area contributed by atoms with Crippen molar-refractivity contribution in [3.05, 3.63) is 60.6 Å². The molecule has 2 aromatic heterocycles. The van der Waals surface area contributed by atoms with Gasteiger partial charge in [-0.1, -0.05) is 0 Å². The second-order valence-electron chi connectivity index (χ2n) is 4.44. The molecule has 0 aliphatic carbocycles. The first-order valence-electron chi connectivity index (χ1n) is 6.41. The molecule has 3 rings (SSSR count). The van der Waals surface area contributed by atoms with E-state index in [1.54, 1.807) is 30.4 Å². The highest BCUT2D eigenvalue weighted by Gasteiger charge is 2.11. The molecule has 2 heterocycles. The van der Waals surface area contributed by atoms with E-state index in [1.165, 1.54) is 0 Å². The van der Waals surface area contributed by atoms with Gasteiger partial charge in [-0.2, -0.15) is 5.10 Å². The Kier molecular flexibility index (Phi) is 3.47. The molecular formula is C16H13N3O2. The Morgan fingerprint density at radius 1 is 1.19 bits per heavy atom. The van der Waals surface area contributed by atoms with Crippen molar-refractivity contribution >= 4 is 6.29 Å². The van der Waals surface area contributed by atoms with Gasteiger partial charge in [-0.3, -0.25) is 9.78 Å². The van der Waals surface area contributed by atoms with Crippen LogP contribution in [0.15, 0.2) is 55.0 Å². The lowest BCUT2D eigenvalue weighted by Crippen LogP contribution is -1.95. The summed E-state index contributed by atoms with van der Waals surface area (Å²) in [5, 5.41) is 4.48. The Hall–Kier alpha value is -2.95. The van der Waals surface area contributed by atoms with E-state index in [1.807, 2.05) is 36.4 Å². The van der Waals surface area contributed by atoms with Gasteiger partial charge < -0.3 is 4.74 Å². The fraction of sp³-hybridized carbons (Fsp3) is 0.0625. The van der Waals surface area contributed by atoms with Crippen molar-refractivity contribution in [1.29, 1.82) is 0 Å². The number of carbonyl (C=O) groups excluding carboxylic acids is 1. The van der Waals surface area contributed by atoms with Gasteiger partial charge in [0.05, 0.1) is 18.4 Å². The van der Waals surface area contributed by atoms with Gasteiger partial charge >= 0.3 is 0 Å². The molecule has 0 saturated carbocycles. The number of aldehydes is 1. The van der Waals surface area contributed by atoms with E-state index in [-0.39, 0.29) is 0 Å². The number of aromatic nitrogens is 3. The number of carbonyl (C=O) groups is 1. The summed E-state index contributed by atoms with van der Waals surface area (Å²) in [7, 11) is 1.62. The Bertz CT molecular complexity index is 749. The van der Waals surface area contributed by atoms with E-state index in [9.17, 15) is 4.79 Å². The summed E-state index contributed by atoms with van der Waals surface area (Å²) in [6.07, 6.45) is 5.88. The second-order valence-corrected chi connectivity index (χ2v) is 4.44.